The molecule has 5 nitrogen and oxygen atoms in total. The van der Waals surface area contributed by atoms with Crippen molar-refractivity contribution < 1.29 is 4.79 Å². The van der Waals surface area contributed by atoms with Gasteiger partial charge in [-0.25, -0.2) is 0 Å². The summed E-state index contributed by atoms with van der Waals surface area (Å²) in [5, 5.41) is 9.25. The summed E-state index contributed by atoms with van der Waals surface area (Å²) in [6.45, 7) is 0.729. The van der Waals surface area contributed by atoms with Gasteiger partial charge in [0.05, 0.1) is 12.7 Å². The van der Waals surface area contributed by atoms with Gasteiger partial charge in [-0.1, -0.05) is 0 Å². The molecule has 72 valence electrons. The Hall–Kier alpha value is -1.36. The maximum atomic E-state index is 10.7. The lowest BCUT2D eigenvalue weighted by Gasteiger charge is -2.01. The molecule has 0 aliphatic carbocycles. The number of rotatable bonds is 5. The molecule has 1 rings (SSSR count). The van der Waals surface area contributed by atoms with Crippen molar-refractivity contribution in [1.29, 1.82) is 0 Å². The molecule has 0 fully saturated rings. The minimum Gasteiger partial charge on any atom is -0.355 e. The standard InChI is InChI=1S/C8H14N4O/c9-4-8(13)10-3-1-2-7-5-11-12-6-7/h5-6H,1-4,9H2,(H,10,13)(H,11,12). The van der Waals surface area contributed by atoms with Crippen molar-refractivity contribution in [2.45, 2.75) is 12.8 Å². The molecule has 5 heteroatoms. The van der Waals surface area contributed by atoms with E-state index >= 15 is 0 Å². The van der Waals surface area contributed by atoms with Gasteiger partial charge in [-0.05, 0) is 18.4 Å². The van der Waals surface area contributed by atoms with E-state index in [2.05, 4.69) is 15.5 Å². The molecule has 0 radical (unpaired) electrons. The summed E-state index contributed by atoms with van der Waals surface area (Å²) in [6, 6.07) is 0. The average molecular weight is 182 g/mol. The lowest BCUT2D eigenvalue weighted by Crippen LogP contribution is -2.31. The number of amides is 1. The van der Waals surface area contributed by atoms with Crippen molar-refractivity contribution >= 4 is 5.91 Å². The second-order valence-electron chi connectivity index (χ2n) is 2.76. The molecule has 13 heavy (non-hydrogen) atoms. The first-order chi connectivity index (χ1) is 6.33. The molecule has 0 atom stereocenters. The van der Waals surface area contributed by atoms with Crippen LogP contribution in [0.5, 0.6) is 0 Å². The molecule has 4 N–H and O–H groups in total. The van der Waals surface area contributed by atoms with Crippen LogP contribution in [0.1, 0.15) is 12.0 Å². The molecular weight excluding hydrogens is 168 g/mol. The molecule has 0 bridgehead atoms. The smallest absolute Gasteiger partial charge is 0.233 e. The molecule has 0 spiro atoms. The summed E-state index contributed by atoms with van der Waals surface area (Å²) in [4.78, 5) is 10.7. The summed E-state index contributed by atoms with van der Waals surface area (Å²) in [7, 11) is 0. The number of H-pyrrole nitrogens is 1. The van der Waals surface area contributed by atoms with Gasteiger partial charge in [0.25, 0.3) is 0 Å². The first-order valence-electron chi connectivity index (χ1n) is 4.27. The third kappa shape index (κ3) is 3.71. The number of aromatic amines is 1. The predicted octanol–water partition coefficient (Wildman–Crippen LogP) is -0.583. The molecule has 0 saturated carbocycles. The van der Waals surface area contributed by atoms with E-state index in [4.69, 9.17) is 5.73 Å². The van der Waals surface area contributed by atoms with E-state index in [9.17, 15) is 4.79 Å². The number of nitrogens with one attached hydrogen (secondary N) is 2. The highest BCUT2D eigenvalue weighted by Crippen LogP contribution is 1.97. The lowest BCUT2D eigenvalue weighted by atomic mass is 10.2. The molecule has 0 aliphatic rings. The Kier molecular flexibility index (Phi) is 3.98. The molecule has 0 aromatic carbocycles. The first kappa shape index (κ1) is 9.73. The topological polar surface area (TPSA) is 83.8 Å². The summed E-state index contributed by atoms with van der Waals surface area (Å²) < 4.78 is 0. The number of aryl methyl sites for hydroxylation is 1. The van der Waals surface area contributed by atoms with Gasteiger partial charge in [0.2, 0.25) is 5.91 Å². The number of aromatic nitrogens is 2. The highest BCUT2D eigenvalue weighted by molar-refractivity contribution is 5.77. The normalized spacial score (nSPS) is 9.92. The first-order valence-corrected chi connectivity index (χ1v) is 4.27. The van der Waals surface area contributed by atoms with Crippen molar-refractivity contribution in [3.8, 4) is 0 Å². The highest BCUT2D eigenvalue weighted by atomic mass is 16.1. The van der Waals surface area contributed by atoms with Crippen LogP contribution in [0, 0.1) is 0 Å². The fourth-order valence-electron chi connectivity index (χ4n) is 1.01. The fourth-order valence-corrected chi connectivity index (χ4v) is 1.01. The monoisotopic (exact) mass is 182 g/mol. The van der Waals surface area contributed by atoms with Crippen LogP contribution in [-0.2, 0) is 11.2 Å². The van der Waals surface area contributed by atoms with Crippen LogP contribution in [0.25, 0.3) is 0 Å². The fraction of sp³-hybridized carbons (Fsp3) is 0.500. The summed E-state index contributed by atoms with van der Waals surface area (Å²) >= 11 is 0. The maximum absolute atomic E-state index is 10.7. The quantitative estimate of drug-likeness (QED) is 0.532. The third-order valence-corrected chi connectivity index (χ3v) is 1.70. The van der Waals surface area contributed by atoms with E-state index in [1.165, 1.54) is 0 Å². The van der Waals surface area contributed by atoms with Gasteiger partial charge in [-0.15, -0.1) is 0 Å². The second-order valence-corrected chi connectivity index (χ2v) is 2.76. The zero-order valence-corrected chi connectivity index (χ0v) is 7.42. The Morgan fingerprint density at radius 1 is 1.69 bits per heavy atom. The number of hydrogen-bond donors (Lipinski definition) is 3. The van der Waals surface area contributed by atoms with Crippen LogP contribution < -0.4 is 11.1 Å². The Morgan fingerprint density at radius 3 is 3.15 bits per heavy atom. The van der Waals surface area contributed by atoms with Gasteiger partial charge in [0.1, 0.15) is 0 Å². The van der Waals surface area contributed by atoms with Gasteiger partial charge in [-0.3, -0.25) is 9.89 Å². The number of nitrogens with zero attached hydrogens (tertiary/aromatic N) is 1. The van der Waals surface area contributed by atoms with Crippen LogP contribution >= 0.6 is 0 Å². The maximum Gasteiger partial charge on any atom is 0.233 e. The average Bonchev–Trinajstić information content (AvgIpc) is 2.64. The minimum absolute atomic E-state index is 0.0612. The van der Waals surface area contributed by atoms with Gasteiger partial charge in [0.15, 0.2) is 0 Å². The van der Waals surface area contributed by atoms with Crippen molar-refractivity contribution in [2.24, 2.45) is 5.73 Å². The van der Waals surface area contributed by atoms with Gasteiger partial charge < -0.3 is 11.1 Å². The van der Waals surface area contributed by atoms with Crippen molar-refractivity contribution in [3.63, 3.8) is 0 Å². The Morgan fingerprint density at radius 2 is 2.54 bits per heavy atom. The van der Waals surface area contributed by atoms with Crippen LogP contribution in [0.3, 0.4) is 0 Å². The number of hydrogen-bond acceptors (Lipinski definition) is 3. The number of carbonyl (C=O) groups excluding carboxylic acids is 1. The highest BCUT2D eigenvalue weighted by Gasteiger charge is 1.96. The van der Waals surface area contributed by atoms with Crippen LogP contribution in [0.4, 0.5) is 0 Å². The third-order valence-electron chi connectivity index (χ3n) is 1.70. The predicted molar refractivity (Wildman–Crippen MR) is 49.0 cm³/mol. The van der Waals surface area contributed by atoms with Crippen LogP contribution in [-0.4, -0.2) is 29.2 Å². The van der Waals surface area contributed by atoms with Crippen molar-refractivity contribution in [3.05, 3.63) is 18.0 Å². The SMILES string of the molecule is NCC(=O)NCCCc1cn[nH]c1. The van der Waals surface area contributed by atoms with Gasteiger partial charge in [-0.2, -0.15) is 5.10 Å². The number of nitrogens with two attached hydrogens (primary N) is 1. The number of carbonyl (C=O) groups is 1. The van der Waals surface area contributed by atoms with E-state index in [0.29, 0.717) is 6.54 Å². The molecular formula is C8H14N4O. The Labute approximate surface area is 76.7 Å². The molecule has 1 aromatic rings. The van der Waals surface area contributed by atoms with E-state index < -0.39 is 0 Å². The van der Waals surface area contributed by atoms with E-state index in [0.717, 1.165) is 18.4 Å². The van der Waals surface area contributed by atoms with E-state index in [-0.39, 0.29) is 12.5 Å². The molecule has 1 aromatic heterocycles. The summed E-state index contributed by atoms with van der Waals surface area (Å²) in [5.74, 6) is -0.104. The lowest BCUT2D eigenvalue weighted by molar-refractivity contribution is -0.119. The van der Waals surface area contributed by atoms with Gasteiger partial charge >= 0.3 is 0 Å². The second kappa shape index (κ2) is 5.31. The van der Waals surface area contributed by atoms with E-state index in [1.807, 2.05) is 6.20 Å². The van der Waals surface area contributed by atoms with E-state index in [1.54, 1.807) is 6.20 Å². The van der Waals surface area contributed by atoms with Crippen molar-refractivity contribution in [1.82, 2.24) is 15.5 Å². The Bertz CT molecular complexity index is 245. The largest absolute Gasteiger partial charge is 0.355 e. The van der Waals surface area contributed by atoms with Crippen molar-refractivity contribution in [2.75, 3.05) is 13.1 Å². The summed E-state index contributed by atoms with van der Waals surface area (Å²) in [5.41, 5.74) is 6.28. The molecule has 1 amide bonds. The zero-order valence-electron chi connectivity index (χ0n) is 7.42. The molecule has 0 aliphatic heterocycles. The zero-order chi connectivity index (χ0) is 9.52. The van der Waals surface area contributed by atoms with Gasteiger partial charge in [0, 0.05) is 12.7 Å². The minimum atomic E-state index is -0.104. The van der Waals surface area contributed by atoms with Crippen LogP contribution in [0.2, 0.25) is 0 Å². The molecule has 0 unspecified atom stereocenters. The molecule has 0 saturated heterocycles. The Balaban J connectivity index is 2.05. The molecule has 1 heterocycles. The van der Waals surface area contributed by atoms with Crippen LogP contribution in [0.15, 0.2) is 12.4 Å². The summed E-state index contributed by atoms with van der Waals surface area (Å²) in [6.07, 6.45) is 5.46.